The molecule has 0 spiro atoms. The van der Waals surface area contributed by atoms with Crippen LogP contribution < -0.4 is 11.1 Å². The van der Waals surface area contributed by atoms with Crippen LogP contribution in [-0.4, -0.2) is 24.2 Å². The van der Waals surface area contributed by atoms with Crippen LogP contribution in [0.15, 0.2) is 0 Å². The first kappa shape index (κ1) is 10.4. The van der Waals surface area contributed by atoms with E-state index in [0.29, 0.717) is 5.13 Å². The Morgan fingerprint density at radius 2 is 2.53 bits per heavy atom. The van der Waals surface area contributed by atoms with E-state index in [4.69, 9.17) is 5.73 Å². The average Bonchev–Trinajstić information content (AvgIpc) is 2.59. The van der Waals surface area contributed by atoms with Crippen LogP contribution in [0.25, 0.3) is 0 Å². The number of carbonyl (C=O) groups is 1. The molecule has 0 aliphatic heterocycles. The van der Waals surface area contributed by atoms with E-state index in [1.807, 2.05) is 0 Å². The molecule has 1 heterocycles. The van der Waals surface area contributed by atoms with Crippen LogP contribution >= 0.6 is 11.3 Å². The van der Waals surface area contributed by atoms with Gasteiger partial charge < -0.3 is 10.5 Å². The molecule has 3 N–H and O–H groups in total. The van der Waals surface area contributed by atoms with E-state index in [-0.39, 0.29) is 6.04 Å². The molecule has 1 aliphatic rings. The lowest BCUT2D eigenvalue weighted by atomic mass is 9.99. The summed E-state index contributed by atoms with van der Waals surface area (Å²) in [6.45, 7) is 0. The Morgan fingerprint density at radius 1 is 1.73 bits per heavy atom. The summed E-state index contributed by atoms with van der Waals surface area (Å²) in [5.74, 6) is 0. The van der Waals surface area contributed by atoms with E-state index in [0.717, 1.165) is 25.0 Å². The maximum Gasteiger partial charge on any atom is 0.413 e. The van der Waals surface area contributed by atoms with Crippen molar-refractivity contribution in [1.29, 1.82) is 0 Å². The molecule has 2 rings (SSSR count). The Balaban J connectivity index is 2.12. The first-order chi connectivity index (χ1) is 7.19. The van der Waals surface area contributed by atoms with Crippen molar-refractivity contribution in [3.63, 3.8) is 0 Å². The van der Waals surface area contributed by atoms with Gasteiger partial charge in [0.1, 0.15) is 0 Å². The average molecular weight is 227 g/mol. The van der Waals surface area contributed by atoms with E-state index in [9.17, 15) is 4.79 Å². The van der Waals surface area contributed by atoms with Gasteiger partial charge in [-0.1, -0.05) is 0 Å². The highest BCUT2D eigenvalue weighted by molar-refractivity contribution is 7.15. The van der Waals surface area contributed by atoms with Gasteiger partial charge in [0.25, 0.3) is 0 Å². The summed E-state index contributed by atoms with van der Waals surface area (Å²) in [6, 6.07) is 0.226. The number of methoxy groups -OCH3 is 1. The quantitative estimate of drug-likeness (QED) is 0.754. The van der Waals surface area contributed by atoms with Crippen LogP contribution in [-0.2, 0) is 17.6 Å². The van der Waals surface area contributed by atoms with Crippen LogP contribution in [0.5, 0.6) is 0 Å². The topological polar surface area (TPSA) is 77.2 Å². The predicted octanol–water partition coefficient (Wildman–Crippen LogP) is 1.14. The van der Waals surface area contributed by atoms with Crippen LogP contribution in [0.3, 0.4) is 0 Å². The van der Waals surface area contributed by atoms with Gasteiger partial charge in [-0.2, -0.15) is 0 Å². The van der Waals surface area contributed by atoms with Crippen molar-refractivity contribution in [1.82, 2.24) is 4.98 Å². The van der Waals surface area contributed by atoms with Gasteiger partial charge >= 0.3 is 6.09 Å². The molecule has 0 aromatic carbocycles. The summed E-state index contributed by atoms with van der Waals surface area (Å²) in [5.41, 5.74) is 6.92. The molecule has 15 heavy (non-hydrogen) atoms. The minimum absolute atomic E-state index is 0.226. The summed E-state index contributed by atoms with van der Waals surface area (Å²) in [4.78, 5) is 16.5. The molecule has 1 unspecified atom stereocenters. The molecule has 1 aliphatic carbocycles. The number of thiazole rings is 1. The Kier molecular flexibility index (Phi) is 2.88. The Bertz CT molecular complexity index is 377. The number of nitrogens with two attached hydrogens (primary N) is 1. The summed E-state index contributed by atoms with van der Waals surface area (Å²) in [5, 5.41) is 3.17. The minimum Gasteiger partial charge on any atom is -0.453 e. The number of nitrogens with one attached hydrogen (secondary N) is 1. The maximum atomic E-state index is 11.0. The largest absolute Gasteiger partial charge is 0.453 e. The van der Waals surface area contributed by atoms with Crippen molar-refractivity contribution < 1.29 is 9.53 Å². The molecular formula is C9H13N3O2S. The molecule has 0 bridgehead atoms. The number of carbonyl (C=O) groups excluding carboxylic acids is 1. The van der Waals surface area contributed by atoms with Crippen molar-refractivity contribution in [2.45, 2.75) is 25.3 Å². The van der Waals surface area contributed by atoms with Gasteiger partial charge in [-0.05, 0) is 19.3 Å². The molecule has 1 aromatic rings. The summed E-state index contributed by atoms with van der Waals surface area (Å²) < 4.78 is 4.50. The molecule has 1 amide bonds. The van der Waals surface area contributed by atoms with Crippen molar-refractivity contribution in [2.24, 2.45) is 5.73 Å². The molecule has 1 aromatic heterocycles. The van der Waals surface area contributed by atoms with Gasteiger partial charge in [0.05, 0.1) is 12.8 Å². The first-order valence-corrected chi connectivity index (χ1v) is 5.60. The molecule has 5 nitrogen and oxygen atoms in total. The highest BCUT2D eigenvalue weighted by Crippen LogP contribution is 2.29. The van der Waals surface area contributed by atoms with E-state index >= 15 is 0 Å². The molecule has 6 heteroatoms. The third kappa shape index (κ3) is 2.27. The number of aromatic nitrogens is 1. The predicted molar refractivity (Wildman–Crippen MR) is 58.1 cm³/mol. The van der Waals surface area contributed by atoms with Gasteiger partial charge in [0, 0.05) is 10.9 Å². The zero-order valence-electron chi connectivity index (χ0n) is 8.45. The number of amides is 1. The third-order valence-electron chi connectivity index (χ3n) is 2.37. The minimum atomic E-state index is -0.481. The zero-order valence-corrected chi connectivity index (χ0v) is 9.26. The SMILES string of the molecule is COC(=O)Nc1nc2c(s1)CC(N)CC2. The fraction of sp³-hybridized carbons (Fsp3) is 0.556. The van der Waals surface area contributed by atoms with Crippen LogP contribution in [0, 0.1) is 0 Å². The van der Waals surface area contributed by atoms with Crippen molar-refractivity contribution in [3.8, 4) is 0 Å². The maximum absolute atomic E-state index is 11.0. The standard InChI is InChI=1S/C9H13N3O2S/c1-14-9(13)12-8-11-6-3-2-5(10)4-7(6)15-8/h5H,2-4,10H2,1H3,(H,11,12,13). The van der Waals surface area contributed by atoms with E-state index < -0.39 is 6.09 Å². The molecule has 82 valence electrons. The zero-order chi connectivity index (χ0) is 10.8. The van der Waals surface area contributed by atoms with Gasteiger partial charge in [-0.25, -0.2) is 9.78 Å². The summed E-state index contributed by atoms with van der Waals surface area (Å²) in [7, 11) is 1.33. The van der Waals surface area contributed by atoms with Crippen molar-refractivity contribution in [2.75, 3.05) is 12.4 Å². The normalized spacial score (nSPS) is 19.5. The Labute approximate surface area is 91.6 Å². The van der Waals surface area contributed by atoms with Gasteiger partial charge in [0.2, 0.25) is 0 Å². The first-order valence-electron chi connectivity index (χ1n) is 4.78. The number of nitrogens with zero attached hydrogens (tertiary/aromatic N) is 1. The lowest BCUT2D eigenvalue weighted by molar-refractivity contribution is 0.187. The number of ether oxygens (including phenoxy) is 1. The lowest BCUT2D eigenvalue weighted by Gasteiger charge is -2.15. The summed E-state index contributed by atoms with van der Waals surface area (Å²) in [6.07, 6.45) is 2.24. The van der Waals surface area contributed by atoms with Crippen LogP contribution in [0.4, 0.5) is 9.93 Å². The van der Waals surface area contributed by atoms with Crippen LogP contribution in [0.2, 0.25) is 0 Å². The van der Waals surface area contributed by atoms with Crippen LogP contribution in [0.1, 0.15) is 17.0 Å². The van der Waals surface area contributed by atoms with Crippen molar-refractivity contribution in [3.05, 3.63) is 10.6 Å². The van der Waals surface area contributed by atoms with E-state index in [1.54, 1.807) is 0 Å². The fourth-order valence-electron chi connectivity index (χ4n) is 1.59. The molecule has 0 saturated heterocycles. The highest BCUT2D eigenvalue weighted by atomic mass is 32.1. The molecule has 1 atom stereocenters. The number of aryl methyl sites for hydroxylation is 1. The fourth-order valence-corrected chi connectivity index (χ4v) is 2.68. The third-order valence-corrected chi connectivity index (χ3v) is 3.41. The van der Waals surface area contributed by atoms with Gasteiger partial charge in [-0.15, -0.1) is 11.3 Å². The van der Waals surface area contributed by atoms with E-state index in [2.05, 4.69) is 15.0 Å². The number of anilines is 1. The number of hydrogen-bond donors (Lipinski definition) is 2. The van der Waals surface area contributed by atoms with Gasteiger partial charge in [-0.3, -0.25) is 5.32 Å². The van der Waals surface area contributed by atoms with E-state index in [1.165, 1.54) is 23.3 Å². The monoisotopic (exact) mass is 227 g/mol. The second-order valence-corrected chi connectivity index (χ2v) is 4.59. The van der Waals surface area contributed by atoms with Crippen molar-refractivity contribution >= 4 is 22.6 Å². The number of fused-ring (bicyclic) bond motifs is 1. The second-order valence-electron chi connectivity index (χ2n) is 3.51. The lowest BCUT2D eigenvalue weighted by Crippen LogP contribution is -2.27. The van der Waals surface area contributed by atoms with Gasteiger partial charge in [0.15, 0.2) is 5.13 Å². The number of rotatable bonds is 1. The highest BCUT2D eigenvalue weighted by Gasteiger charge is 2.20. The smallest absolute Gasteiger partial charge is 0.413 e. The molecule has 0 fully saturated rings. The second kappa shape index (κ2) is 4.16. The Hall–Kier alpha value is -1.14. The summed E-state index contributed by atoms with van der Waals surface area (Å²) >= 11 is 1.48. The molecule has 0 radical (unpaired) electrons. The number of hydrogen-bond acceptors (Lipinski definition) is 5. The molecular weight excluding hydrogens is 214 g/mol. The molecule has 0 saturated carbocycles. The Morgan fingerprint density at radius 3 is 3.27 bits per heavy atom.